The van der Waals surface area contributed by atoms with Crippen LogP contribution in [0.1, 0.15) is 20.7 Å². The van der Waals surface area contributed by atoms with E-state index in [9.17, 15) is 24.8 Å². The number of imide groups is 1. The molecule has 122 valence electrons. The largest absolute Gasteiger partial charge is 0.508 e. The predicted molar refractivity (Wildman–Crippen MR) is 89.8 cm³/mol. The van der Waals surface area contributed by atoms with Gasteiger partial charge in [0, 0.05) is 29.1 Å². The van der Waals surface area contributed by atoms with Gasteiger partial charge < -0.3 is 5.11 Å². The van der Waals surface area contributed by atoms with Crippen LogP contribution in [-0.2, 0) is 0 Å². The zero-order valence-electron chi connectivity index (χ0n) is 12.7. The van der Waals surface area contributed by atoms with E-state index < -0.39 is 16.7 Å². The number of nitro groups is 1. The topological polar surface area (TPSA) is 101 Å². The number of nitrogens with zero attached hydrogens (tertiary/aromatic N) is 2. The van der Waals surface area contributed by atoms with Crippen LogP contribution in [-0.4, -0.2) is 21.8 Å². The molecule has 3 aromatic rings. The van der Waals surface area contributed by atoms with Crippen molar-refractivity contribution in [3.05, 3.63) is 75.8 Å². The number of aromatic hydroxyl groups is 1. The molecular weight excluding hydrogens is 324 g/mol. The van der Waals surface area contributed by atoms with Crippen LogP contribution in [0.25, 0.3) is 10.8 Å². The summed E-state index contributed by atoms with van der Waals surface area (Å²) in [6.07, 6.45) is 0. The third kappa shape index (κ3) is 2.13. The Labute approximate surface area is 140 Å². The lowest BCUT2D eigenvalue weighted by Crippen LogP contribution is -2.40. The van der Waals surface area contributed by atoms with E-state index in [-0.39, 0.29) is 28.3 Å². The van der Waals surface area contributed by atoms with Crippen molar-refractivity contribution in [2.75, 3.05) is 4.90 Å². The quantitative estimate of drug-likeness (QED) is 0.440. The summed E-state index contributed by atoms with van der Waals surface area (Å²) >= 11 is 0. The highest BCUT2D eigenvalue weighted by Crippen LogP contribution is 2.35. The Morgan fingerprint density at radius 1 is 0.920 bits per heavy atom. The van der Waals surface area contributed by atoms with E-state index in [0.29, 0.717) is 10.8 Å². The van der Waals surface area contributed by atoms with Crippen LogP contribution >= 0.6 is 0 Å². The number of rotatable bonds is 2. The zero-order valence-corrected chi connectivity index (χ0v) is 12.7. The molecule has 0 saturated heterocycles. The van der Waals surface area contributed by atoms with E-state index >= 15 is 0 Å². The molecule has 2 amide bonds. The number of anilines is 1. The third-order valence-electron chi connectivity index (χ3n) is 4.13. The van der Waals surface area contributed by atoms with E-state index in [4.69, 9.17) is 0 Å². The Morgan fingerprint density at radius 2 is 1.64 bits per heavy atom. The third-order valence-corrected chi connectivity index (χ3v) is 4.13. The van der Waals surface area contributed by atoms with Gasteiger partial charge in [0.1, 0.15) is 5.75 Å². The van der Waals surface area contributed by atoms with E-state index in [1.54, 1.807) is 18.2 Å². The van der Waals surface area contributed by atoms with Crippen LogP contribution in [0.15, 0.2) is 54.6 Å². The number of benzene rings is 3. The summed E-state index contributed by atoms with van der Waals surface area (Å²) in [4.78, 5) is 37.2. The van der Waals surface area contributed by atoms with Gasteiger partial charge in [-0.3, -0.25) is 19.7 Å². The summed E-state index contributed by atoms with van der Waals surface area (Å²) in [6, 6.07) is 13.1. The molecule has 25 heavy (non-hydrogen) atoms. The van der Waals surface area contributed by atoms with Crippen molar-refractivity contribution in [1.29, 1.82) is 0 Å². The SMILES string of the molecule is O=C1c2cccc3cc([N+](=O)[O-])cc(c23)C(=O)N1c1cccc(O)c1. The average molecular weight is 334 g/mol. The van der Waals surface area contributed by atoms with Crippen molar-refractivity contribution in [3.63, 3.8) is 0 Å². The molecule has 0 fully saturated rings. The average Bonchev–Trinajstić information content (AvgIpc) is 2.59. The number of carbonyl (C=O) groups is 2. The number of nitro benzene ring substituents is 1. The zero-order chi connectivity index (χ0) is 17.7. The second-order valence-corrected chi connectivity index (χ2v) is 5.62. The van der Waals surface area contributed by atoms with Crippen LogP contribution < -0.4 is 4.90 Å². The molecule has 1 heterocycles. The lowest BCUT2D eigenvalue weighted by molar-refractivity contribution is -0.384. The van der Waals surface area contributed by atoms with Crippen LogP contribution in [0.4, 0.5) is 11.4 Å². The van der Waals surface area contributed by atoms with Gasteiger partial charge in [-0.25, -0.2) is 4.90 Å². The smallest absolute Gasteiger partial charge is 0.270 e. The summed E-state index contributed by atoms with van der Waals surface area (Å²) in [5.74, 6) is -1.30. The minimum absolute atomic E-state index is 0.0859. The fourth-order valence-corrected chi connectivity index (χ4v) is 3.06. The van der Waals surface area contributed by atoms with Crippen molar-refractivity contribution >= 4 is 34.0 Å². The van der Waals surface area contributed by atoms with Crippen molar-refractivity contribution in [2.24, 2.45) is 0 Å². The van der Waals surface area contributed by atoms with Gasteiger partial charge in [0.15, 0.2) is 0 Å². The van der Waals surface area contributed by atoms with Gasteiger partial charge in [-0.2, -0.15) is 0 Å². The predicted octanol–water partition coefficient (Wildman–Crippen LogP) is 3.25. The van der Waals surface area contributed by atoms with Gasteiger partial charge in [-0.05, 0) is 23.6 Å². The molecule has 0 atom stereocenters. The minimum Gasteiger partial charge on any atom is -0.508 e. The molecule has 1 aliphatic heterocycles. The fraction of sp³-hybridized carbons (Fsp3) is 0. The lowest BCUT2D eigenvalue weighted by atomic mass is 9.93. The number of phenols is 1. The summed E-state index contributed by atoms with van der Waals surface area (Å²) in [6.45, 7) is 0. The molecule has 0 saturated carbocycles. The first kappa shape index (κ1) is 14.8. The van der Waals surface area contributed by atoms with Crippen LogP contribution in [0, 0.1) is 10.1 Å². The number of phenolic OH excluding ortho intramolecular Hbond substituents is 1. The maximum absolute atomic E-state index is 12.9. The molecule has 1 N–H and O–H groups in total. The minimum atomic E-state index is -0.664. The normalized spacial score (nSPS) is 13.4. The molecule has 0 aliphatic carbocycles. The number of carbonyl (C=O) groups excluding carboxylic acids is 2. The Hall–Kier alpha value is -3.74. The number of non-ortho nitro benzene ring substituents is 1. The molecule has 7 heteroatoms. The summed E-state index contributed by atoms with van der Waals surface area (Å²) in [5, 5.41) is 21.7. The lowest BCUT2D eigenvalue weighted by Gasteiger charge is -2.27. The highest BCUT2D eigenvalue weighted by Gasteiger charge is 2.35. The molecular formula is C18H10N2O5. The second kappa shape index (κ2) is 5.13. The maximum atomic E-state index is 12.9. The first-order chi connectivity index (χ1) is 12.0. The van der Waals surface area contributed by atoms with E-state index in [1.165, 1.54) is 36.4 Å². The van der Waals surface area contributed by atoms with Gasteiger partial charge in [0.05, 0.1) is 16.2 Å². The Bertz CT molecular complexity index is 1090. The molecule has 0 radical (unpaired) electrons. The number of hydrogen-bond acceptors (Lipinski definition) is 5. The van der Waals surface area contributed by atoms with Gasteiger partial charge >= 0.3 is 0 Å². The highest BCUT2D eigenvalue weighted by atomic mass is 16.6. The van der Waals surface area contributed by atoms with Crippen LogP contribution in [0.2, 0.25) is 0 Å². The summed E-state index contributed by atoms with van der Waals surface area (Å²) < 4.78 is 0. The van der Waals surface area contributed by atoms with E-state index in [2.05, 4.69) is 0 Å². The monoisotopic (exact) mass is 334 g/mol. The molecule has 0 bridgehead atoms. The Kier molecular flexibility index (Phi) is 3.04. The maximum Gasteiger partial charge on any atom is 0.270 e. The highest BCUT2D eigenvalue weighted by molar-refractivity contribution is 6.36. The molecule has 1 aliphatic rings. The number of amides is 2. The van der Waals surface area contributed by atoms with Gasteiger partial charge in [-0.15, -0.1) is 0 Å². The standard InChI is InChI=1S/C18H10N2O5/c21-13-5-2-4-11(8-13)19-17(22)14-6-1-3-10-7-12(20(24)25)9-15(16(10)14)18(19)23/h1-9,21H. The number of hydrogen-bond donors (Lipinski definition) is 1. The molecule has 3 aromatic carbocycles. The van der Waals surface area contributed by atoms with Crippen LogP contribution in [0.5, 0.6) is 5.75 Å². The summed E-state index contributed by atoms with van der Waals surface area (Å²) in [5.41, 5.74) is 0.343. The van der Waals surface area contributed by atoms with Crippen LogP contribution in [0.3, 0.4) is 0 Å². The Balaban J connectivity index is 2.02. The first-order valence-corrected chi connectivity index (χ1v) is 7.36. The molecule has 4 rings (SSSR count). The van der Waals surface area contributed by atoms with Crippen molar-refractivity contribution in [1.82, 2.24) is 0 Å². The first-order valence-electron chi connectivity index (χ1n) is 7.36. The second-order valence-electron chi connectivity index (χ2n) is 5.62. The molecule has 0 unspecified atom stereocenters. The molecule has 0 spiro atoms. The van der Waals surface area contributed by atoms with Crippen molar-refractivity contribution < 1.29 is 19.6 Å². The van der Waals surface area contributed by atoms with E-state index in [0.717, 1.165) is 4.90 Å². The van der Waals surface area contributed by atoms with Gasteiger partial charge in [0.2, 0.25) is 0 Å². The summed E-state index contributed by atoms with van der Waals surface area (Å²) in [7, 11) is 0. The van der Waals surface area contributed by atoms with E-state index in [1.807, 2.05) is 0 Å². The van der Waals surface area contributed by atoms with Gasteiger partial charge in [-0.1, -0.05) is 18.2 Å². The molecule has 7 nitrogen and oxygen atoms in total. The van der Waals surface area contributed by atoms with Crippen molar-refractivity contribution in [2.45, 2.75) is 0 Å². The fourth-order valence-electron chi connectivity index (χ4n) is 3.06. The Morgan fingerprint density at radius 3 is 2.36 bits per heavy atom. The van der Waals surface area contributed by atoms with Gasteiger partial charge in [0.25, 0.3) is 17.5 Å². The molecule has 0 aromatic heterocycles. The van der Waals surface area contributed by atoms with Crippen molar-refractivity contribution in [3.8, 4) is 5.75 Å².